The maximum atomic E-state index is 10.8. The standard InChI is InChI=1S/C25H30BrN5O2/c1-30-11-9-17(10-12-30)31(2)13-14-33-29-23-18-5-3-4-6-20(18)27-24(23)22-19-15-16(26)7-8-21(19)28-25(22)32/h3-8,15,17,25,27,29,32H,9-14H2,1-2H3. The Kier molecular flexibility index (Phi) is 6.53. The van der Waals surface area contributed by atoms with Gasteiger partial charge in [-0.1, -0.05) is 34.1 Å². The normalized spacial score (nSPS) is 19.3. The van der Waals surface area contributed by atoms with E-state index in [1.165, 1.54) is 12.8 Å². The van der Waals surface area contributed by atoms with E-state index in [-0.39, 0.29) is 0 Å². The molecule has 8 heteroatoms. The van der Waals surface area contributed by atoms with Crippen LogP contribution in [0.5, 0.6) is 0 Å². The number of hydrogen-bond acceptors (Lipinski definition) is 6. The van der Waals surface area contributed by atoms with Crippen LogP contribution in [0.25, 0.3) is 16.5 Å². The van der Waals surface area contributed by atoms with E-state index in [4.69, 9.17) is 4.84 Å². The molecular formula is C25H30BrN5O2. The smallest absolute Gasteiger partial charge is 0.174 e. The van der Waals surface area contributed by atoms with E-state index < -0.39 is 6.23 Å². The number of H-pyrrole nitrogens is 1. The molecule has 1 saturated heterocycles. The second-order valence-corrected chi connectivity index (χ2v) is 9.88. The van der Waals surface area contributed by atoms with Crippen molar-refractivity contribution in [2.75, 3.05) is 45.8 Å². The van der Waals surface area contributed by atoms with Gasteiger partial charge in [0, 0.05) is 38.8 Å². The van der Waals surface area contributed by atoms with Gasteiger partial charge in [0.05, 0.1) is 23.3 Å². The summed E-state index contributed by atoms with van der Waals surface area (Å²) >= 11 is 3.54. The zero-order valence-corrected chi connectivity index (χ0v) is 20.6. The van der Waals surface area contributed by atoms with Crippen molar-refractivity contribution in [3.05, 3.63) is 63.2 Å². The number of aromatic nitrogens is 1. The number of piperidine rings is 1. The Morgan fingerprint density at radius 1 is 1.24 bits per heavy atom. The van der Waals surface area contributed by atoms with E-state index >= 15 is 0 Å². The first kappa shape index (κ1) is 22.6. The zero-order valence-electron chi connectivity index (χ0n) is 19.0. The van der Waals surface area contributed by atoms with Gasteiger partial charge in [0.2, 0.25) is 0 Å². The molecule has 2 aliphatic rings. The molecule has 5 rings (SSSR count). The molecule has 3 N–H and O–H groups in total. The minimum absolute atomic E-state index is 0.562. The molecule has 174 valence electrons. The van der Waals surface area contributed by atoms with Crippen molar-refractivity contribution in [2.24, 2.45) is 4.99 Å². The summed E-state index contributed by atoms with van der Waals surface area (Å²) in [6, 6.07) is 14.5. The lowest BCUT2D eigenvalue weighted by Gasteiger charge is -2.35. The summed E-state index contributed by atoms with van der Waals surface area (Å²) in [6.07, 6.45) is 1.46. The van der Waals surface area contributed by atoms with Gasteiger partial charge >= 0.3 is 0 Å². The number of aliphatic hydroxyl groups excluding tert-OH is 1. The Morgan fingerprint density at radius 2 is 2.03 bits per heavy atom. The molecule has 0 saturated carbocycles. The number of nitrogens with one attached hydrogen (secondary N) is 2. The van der Waals surface area contributed by atoms with Crippen LogP contribution in [0.1, 0.15) is 18.5 Å². The van der Waals surface area contributed by atoms with Crippen molar-refractivity contribution in [1.29, 1.82) is 0 Å². The first-order valence-electron chi connectivity index (χ1n) is 11.4. The highest BCUT2D eigenvalue weighted by Crippen LogP contribution is 2.33. The van der Waals surface area contributed by atoms with E-state index in [1.54, 1.807) is 0 Å². The number of likely N-dealkylation sites (tertiary alicyclic amines) is 1. The number of aliphatic hydroxyl groups is 1. The number of halogens is 1. The molecule has 0 spiro atoms. The van der Waals surface area contributed by atoms with Gasteiger partial charge in [-0.2, -0.15) is 0 Å². The summed E-state index contributed by atoms with van der Waals surface area (Å²) < 4.78 is 0.946. The van der Waals surface area contributed by atoms with Gasteiger partial charge in [-0.25, -0.2) is 4.99 Å². The Labute approximate surface area is 201 Å². The fourth-order valence-electron chi connectivity index (χ4n) is 4.82. The molecule has 1 atom stereocenters. The molecule has 0 radical (unpaired) electrons. The average molecular weight is 512 g/mol. The number of aromatic amines is 1. The zero-order chi connectivity index (χ0) is 22.9. The van der Waals surface area contributed by atoms with Gasteiger partial charge in [-0.15, -0.1) is 0 Å². The quantitative estimate of drug-likeness (QED) is 0.335. The second kappa shape index (κ2) is 9.56. The van der Waals surface area contributed by atoms with Crippen LogP contribution in [-0.2, 0) is 4.84 Å². The number of para-hydroxylation sites is 1. The minimum Gasteiger partial charge on any atom is -0.368 e. The third-order valence-corrected chi connectivity index (χ3v) is 7.27. The summed E-state index contributed by atoms with van der Waals surface area (Å²) in [7, 11) is 4.36. The highest BCUT2D eigenvalue weighted by molar-refractivity contribution is 9.10. The van der Waals surface area contributed by atoms with Crippen molar-refractivity contribution >= 4 is 38.1 Å². The largest absolute Gasteiger partial charge is 0.368 e. The fourth-order valence-corrected chi connectivity index (χ4v) is 5.18. The van der Waals surface area contributed by atoms with Gasteiger partial charge < -0.3 is 19.9 Å². The van der Waals surface area contributed by atoms with Gasteiger partial charge in [-0.3, -0.25) is 10.3 Å². The van der Waals surface area contributed by atoms with E-state index in [9.17, 15) is 5.11 Å². The molecule has 1 unspecified atom stereocenters. The van der Waals surface area contributed by atoms with Crippen LogP contribution in [0.4, 0.5) is 5.69 Å². The number of hydrogen-bond donors (Lipinski definition) is 3. The topological polar surface area (TPSA) is 76.1 Å². The number of fused-ring (bicyclic) bond motifs is 2. The Hall–Kier alpha value is -2.23. The lowest BCUT2D eigenvalue weighted by molar-refractivity contribution is 0.104. The molecule has 33 heavy (non-hydrogen) atoms. The van der Waals surface area contributed by atoms with E-state index in [0.717, 1.165) is 62.5 Å². The van der Waals surface area contributed by atoms with Gasteiger partial charge in [0.25, 0.3) is 0 Å². The first-order chi connectivity index (χ1) is 16.0. The molecule has 3 heterocycles. The molecule has 1 aromatic heterocycles. The van der Waals surface area contributed by atoms with Crippen LogP contribution in [0.2, 0.25) is 0 Å². The monoisotopic (exact) mass is 511 g/mol. The lowest BCUT2D eigenvalue weighted by atomic mass is 10.0. The van der Waals surface area contributed by atoms with Crippen molar-refractivity contribution in [2.45, 2.75) is 25.1 Å². The summed E-state index contributed by atoms with van der Waals surface area (Å²) in [5, 5.41) is 13.5. The van der Waals surface area contributed by atoms with Crippen LogP contribution < -0.4 is 16.1 Å². The van der Waals surface area contributed by atoms with Gasteiger partial charge in [0.15, 0.2) is 6.23 Å². The molecule has 0 amide bonds. The van der Waals surface area contributed by atoms with Crippen molar-refractivity contribution in [3.8, 4) is 0 Å². The summed E-state index contributed by atoms with van der Waals surface area (Å²) in [6.45, 7) is 3.71. The summed E-state index contributed by atoms with van der Waals surface area (Å²) in [5.74, 6) is 0. The maximum Gasteiger partial charge on any atom is 0.174 e. The van der Waals surface area contributed by atoms with Crippen molar-refractivity contribution in [3.63, 3.8) is 0 Å². The Morgan fingerprint density at radius 3 is 2.85 bits per heavy atom. The summed E-state index contributed by atoms with van der Waals surface area (Å²) in [4.78, 5) is 18.7. The average Bonchev–Trinajstić information content (AvgIpc) is 3.33. The second-order valence-electron chi connectivity index (χ2n) is 8.96. The Bertz CT molecular complexity index is 1270. The summed E-state index contributed by atoms with van der Waals surface area (Å²) in [5.41, 5.74) is 6.54. The van der Waals surface area contributed by atoms with Crippen LogP contribution in [-0.4, -0.2) is 72.5 Å². The highest BCUT2D eigenvalue weighted by Gasteiger charge is 2.25. The SMILES string of the molecule is CN1CCC(N(C)CCONc2c(C3=c4cc(Br)ccc4=NC3O)[nH]c3ccccc23)CC1. The van der Waals surface area contributed by atoms with Crippen LogP contribution >= 0.6 is 15.9 Å². The van der Waals surface area contributed by atoms with Gasteiger partial charge in [0.1, 0.15) is 0 Å². The van der Waals surface area contributed by atoms with E-state index in [0.29, 0.717) is 12.6 Å². The predicted octanol–water partition coefficient (Wildman–Crippen LogP) is 2.45. The molecule has 3 aromatic rings. The number of rotatable bonds is 7. The number of likely N-dealkylation sites (N-methyl/N-ethyl adjacent to an activating group) is 1. The van der Waals surface area contributed by atoms with E-state index in [2.05, 4.69) is 55.3 Å². The van der Waals surface area contributed by atoms with Gasteiger partial charge in [-0.05, 0) is 64.3 Å². The van der Waals surface area contributed by atoms with Crippen molar-refractivity contribution < 1.29 is 9.94 Å². The predicted molar refractivity (Wildman–Crippen MR) is 134 cm³/mol. The van der Waals surface area contributed by atoms with Crippen LogP contribution in [0, 0.1) is 0 Å². The van der Waals surface area contributed by atoms with Crippen LogP contribution in [0.15, 0.2) is 51.9 Å². The molecule has 7 nitrogen and oxygen atoms in total. The molecule has 0 bridgehead atoms. The van der Waals surface area contributed by atoms with Crippen molar-refractivity contribution in [1.82, 2.24) is 14.8 Å². The Balaban J connectivity index is 1.37. The molecule has 0 aliphatic carbocycles. The van der Waals surface area contributed by atoms with E-state index in [1.807, 2.05) is 42.5 Å². The maximum absolute atomic E-state index is 10.8. The molecular weight excluding hydrogens is 482 g/mol. The number of anilines is 1. The first-order valence-corrected chi connectivity index (χ1v) is 12.2. The fraction of sp³-hybridized carbons (Fsp3) is 0.400. The molecule has 1 fully saturated rings. The number of benzene rings is 2. The third kappa shape index (κ3) is 4.58. The highest BCUT2D eigenvalue weighted by atomic mass is 79.9. The third-order valence-electron chi connectivity index (χ3n) is 6.78. The number of nitrogens with zero attached hydrogens (tertiary/aromatic N) is 3. The molecule has 2 aromatic carbocycles. The van der Waals surface area contributed by atoms with Crippen LogP contribution in [0.3, 0.4) is 0 Å². The minimum atomic E-state index is -0.932. The lowest BCUT2D eigenvalue weighted by Crippen LogP contribution is -2.43. The molecule has 2 aliphatic heterocycles.